The van der Waals surface area contributed by atoms with Gasteiger partial charge in [-0.1, -0.05) is 0 Å². The average molecular weight is 290 g/mol. The summed E-state index contributed by atoms with van der Waals surface area (Å²) >= 11 is 0. The Morgan fingerprint density at radius 3 is 2.81 bits per heavy atom. The van der Waals surface area contributed by atoms with Crippen molar-refractivity contribution >= 4 is 17.7 Å². The third-order valence-corrected chi connectivity index (χ3v) is 4.20. The first-order chi connectivity index (χ1) is 10.1. The summed E-state index contributed by atoms with van der Waals surface area (Å²) in [6.07, 6.45) is 1.68. The molecule has 0 spiro atoms. The number of carboxylic acid groups (broad SMARTS) is 1. The summed E-state index contributed by atoms with van der Waals surface area (Å²) in [5, 5.41) is 9.02. The van der Waals surface area contributed by atoms with Crippen LogP contribution in [0.1, 0.15) is 22.3 Å². The van der Waals surface area contributed by atoms with Crippen molar-refractivity contribution in [2.45, 2.75) is 18.9 Å². The Morgan fingerprint density at radius 2 is 2.14 bits per heavy atom. The Labute approximate surface area is 122 Å². The average Bonchev–Trinajstić information content (AvgIpc) is 3.12. The van der Waals surface area contributed by atoms with Gasteiger partial charge in [-0.3, -0.25) is 4.90 Å². The standard InChI is InChI=1S/C15H18N2O4/c1-21-12-5-6-16(9-12)15(20)17-7-4-10-8-11(14(18)19)2-3-13(10)17/h2-3,8,12H,4-7,9H2,1H3,(H,18,19). The number of hydrogen-bond acceptors (Lipinski definition) is 3. The second-order valence-electron chi connectivity index (χ2n) is 5.43. The first-order valence-corrected chi connectivity index (χ1v) is 7.05. The summed E-state index contributed by atoms with van der Waals surface area (Å²) in [5.41, 5.74) is 2.01. The molecule has 1 aromatic carbocycles. The molecule has 112 valence electrons. The number of benzene rings is 1. The van der Waals surface area contributed by atoms with Gasteiger partial charge in [0, 0.05) is 32.4 Å². The van der Waals surface area contributed by atoms with E-state index in [-0.39, 0.29) is 17.7 Å². The van der Waals surface area contributed by atoms with E-state index in [1.54, 1.807) is 35.1 Å². The number of rotatable bonds is 2. The first kappa shape index (κ1) is 13.9. The third-order valence-electron chi connectivity index (χ3n) is 4.20. The van der Waals surface area contributed by atoms with Crippen LogP contribution >= 0.6 is 0 Å². The second-order valence-corrected chi connectivity index (χ2v) is 5.43. The maximum atomic E-state index is 12.6. The van der Waals surface area contributed by atoms with Gasteiger partial charge in [0.2, 0.25) is 0 Å². The number of hydrogen-bond donors (Lipinski definition) is 1. The van der Waals surface area contributed by atoms with Crippen LogP contribution in [-0.4, -0.2) is 54.9 Å². The molecular weight excluding hydrogens is 272 g/mol. The zero-order valence-corrected chi connectivity index (χ0v) is 11.9. The van der Waals surface area contributed by atoms with E-state index in [9.17, 15) is 9.59 Å². The fourth-order valence-corrected chi connectivity index (χ4v) is 3.00. The Balaban J connectivity index is 1.78. The van der Waals surface area contributed by atoms with E-state index in [1.807, 2.05) is 0 Å². The zero-order chi connectivity index (χ0) is 15.0. The minimum Gasteiger partial charge on any atom is -0.478 e. The minimum absolute atomic E-state index is 0.0172. The highest BCUT2D eigenvalue weighted by molar-refractivity contribution is 5.96. The number of carbonyl (C=O) groups excluding carboxylic acids is 1. The molecule has 1 saturated heterocycles. The predicted molar refractivity (Wildman–Crippen MR) is 76.8 cm³/mol. The molecule has 1 atom stereocenters. The van der Waals surface area contributed by atoms with E-state index >= 15 is 0 Å². The highest BCUT2D eigenvalue weighted by atomic mass is 16.5. The number of aromatic carboxylic acids is 1. The van der Waals surface area contributed by atoms with Crippen molar-refractivity contribution in [3.05, 3.63) is 29.3 Å². The molecular formula is C15H18N2O4. The summed E-state index contributed by atoms with van der Waals surface area (Å²) in [4.78, 5) is 27.1. The van der Waals surface area contributed by atoms with Gasteiger partial charge in [-0.05, 0) is 36.6 Å². The number of carboxylic acids is 1. The summed E-state index contributed by atoms with van der Waals surface area (Å²) in [7, 11) is 1.66. The monoisotopic (exact) mass is 290 g/mol. The molecule has 21 heavy (non-hydrogen) atoms. The van der Waals surface area contributed by atoms with Crippen LogP contribution < -0.4 is 4.90 Å². The van der Waals surface area contributed by atoms with E-state index in [2.05, 4.69) is 0 Å². The van der Waals surface area contributed by atoms with E-state index in [0.717, 1.165) is 17.7 Å². The van der Waals surface area contributed by atoms with Crippen molar-refractivity contribution in [1.29, 1.82) is 0 Å². The number of methoxy groups -OCH3 is 1. The lowest BCUT2D eigenvalue weighted by molar-refractivity contribution is 0.0697. The Morgan fingerprint density at radius 1 is 1.33 bits per heavy atom. The smallest absolute Gasteiger partial charge is 0.335 e. The number of likely N-dealkylation sites (tertiary alicyclic amines) is 1. The molecule has 2 aliphatic rings. The van der Waals surface area contributed by atoms with Crippen molar-refractivity contribution in [3.8, 4) is 0 Å². The molecule has 1 fully saturated rings. The van der Waals surface area contributed by atoms with Crippen LogP contribution in [0.4, 0.5) is 10.5 Å². The molecule has 6 nitrogen and oxygen atoms in total. The van der Waals surface area contributed by atoms with Crippen molar-refractivity contribution < 1.29 is 19.4 Å². The van der Waals surface area contributed by atoms with Crippen molar-refractivity contribution in [2.24, 2.45) is 0 Å². The number of ether oxygens (including phenoxy) is 1. The number of carbonyl (C=O) groups is 2. The van der Waals surface area contributed by atoms with Crippen LogP contribution in [0.3, 0.4) is 0 Å². The Hall–Kier alpha value is -2.08. The molecule has 0 radical (unpaired) electrons. The molecule has 6 heteroatoms. The fourth-order valence-electron chi connectivity index (χ4n) is 3.00. The zero-order valence-electron chi connectivity index (χ0n) is 11.9. The molecule has 0 bridgehead atoms. The van der Waals surface area contributed by atoms with Crippen LogP contribution in [-0.2, 0) is 11.2 Å². The quantitative estimate of drug-likeness (QED) is 0.898. The van der Waals surface area contributed by atoms with E-state index in [1.165, 1.54) is 0 Å². The highest BCUT2D eigenvalue weighted by Crippen LogP contribution is 2.30. The number of anilines is 1. The van der Waals surface area contributed by atoms with Gasteiger partial charge in [-0.15, -0.1) is 0 Å². The van der Waals surface area contributed by atoms with E-state index in [0.29, 0.717) is 26.1 Å². The lowest BCUT2D eigenvalue weighted by Gasteiger charge is -2.24. The van der Waals surface area contributed by atoms with Gasteiger partial charge in [-0.2, -0.15) is 0 Å². The van der Waals surface area contributed by atoms with E-state index < -0.39 is 5.97 Å². The number of amides is 2. The Kier molecular flexibility index (Phi) is 3.55. The molecule has 0 aliphatic carbocycles. The minimum atomic E-state index is -0.940. The van der Waals surface area contributed by atoms with Gasteiger partial charge in [0.1, 0.15) is 0 Å². The third kappa shape index (κ3) is 2.47. The number of nitrogens with zero attached hydrogens (tertiary/aromatic N) is 2. The molecule has 2 aliphatic heterocycles. The van der Waals surface area contributed by atoms with Crippen molar-refractivity contribution in [1.82, 2.24) is 4.90 Å². The fraction of sp³-hybridized carbons (Fsp3) is 0.467. The van der Waals surface area contributed by atoms with Crippen molar-refractivity contribution in [2.75, 3.05) is 31.6 Å². The van der Waals surface area contributed by atoms with Crippen LogP contribution in [0.2, 0.25) is 0 Å². The molecule has 1 unspecified atom stereocenters. The predicted octanol–water partition coefficient (Wildman–Crippen LogP) is 1.59. The number of fused-ring (bicyclic) bond motifs is 1. The number of urea groups is 1. The second kappa shape index (κ2) is 5.37. The van der Waals surface area contributed by atoms with E-state index in [4.69, 9.17) is 9.84 Å². The molecule has 1 N–H and O–H groups in total. The first-order valence-electron chi connectivity index (χ1n) is 7.05. The topological polar surface area (TPSA) is 70.1 Å². The van der Waals surface area contributed by atoms with Gasteiger partial charge in [0.15, 0.2) is 0 Å². The van der Waals surface area contributed by atoms with Gasteiger partial charge >= 0.3 is 12.0 Å². The van der Waals surface area contributed by atoms with Gasteiger partial charge in [-0.25, -0.2) is 9.59 Å². The van der Waals surface area contributed by atoms with Gasteiger partial charge in [0.25, 0.3) is 0 Å². The summed E-state index contributed by atoms with van der Waals surface area (Å²) in [5.74, 6) is -0.940. The lowest BCUT2D eigenvalue weighted by Crippen LogP contribution is -2.41. The molecule has 2 amide bonds. The molecule has 1 aromatic rings. The maximum Gasteiger partial charge on any atom is 0.335 e. The van der Waals surface area contributed by atoms with Crippen LogP contribution in [0.5, 0.6) is 0 Å². The molecule has 2 heterocycles. The SMILES string of the molecule is COC1CCN(C(=O)N2CCc3cc(C(=O)O)ccc32)C1. The largest absolute Gasteiger partial charge is 0.478 e. The maximum absolute atomic E-state index is 12.6. The van der Waals surface area contributed by atoms with Crippen LogP contribution in [0.25, 0.3) is 0 Å². The van der Waals surface area contributed by atoms with Crippen LogP contribution in [0.15, 0.2) is 18.2 Å². The summed E-state index contributed by atoms with van der Waals surface area (Å²) in [6.45, 7) is 1.93. The van der Waals surface area contributed by atoms with Crippen molar-refractivity contribution in [3.63, 3.8) is 0 Å². The summed E-state index contributed by atoms with van der Waals surface area (Å²) < 4.78 is 5.29. The lowest BCUT2D eigenvalue weighted by atomic mass is 10.1. The van der Waals surface area contributed by atoms with Gasteiger partial charge in [0.05, 0.1) is 11.7 Å². The molecule has 0 saturated carbocycles. The molecule has 3 rings (SSSR count). The molecule has 0 aromatic heterocycles. The summed E-state index contributed by atoms with van der Waals surface area (Å²) in [6, 6.07) is 4.92. The normalized spacial score (nSPS) is 20.7. The van der Waals surface area contributed by atoms with Crippen LogP contribution in [0, 0.1) is 0 Å². The highest BCUT2D eigenvalue weighted by Gasteiger charge is 2.33. The van der Waals surface area contributed by atoms with Gasteiger partial charge < -0.3 is 14.7 Å². The Bertz CT molecular complexity index is 587.